The third-order valence-corrected chi connectivity index (χ3v) is 6.11. The number of esters is 1. The van der Waals surface area contributed by atoms with Crippen molar-refractivity contribution in [1.29, 1.82) is 0 Å². The van der Waals surface area contributed by atoms with E-state index in [0.29, 0.717) is 16.1 Å². The number of halogens is 1. The quantitative estimate of drug-likeness (QED) is 0.260. The monoisotopic (exact) mass is 463 g/mol. The molecule has 0 saturated carbocycles. The maximum atomic E-state index is 12.9. The molecular formula is C25H18ClNO4S. The van der Waals surface area contributed by atoms with Crippen LogP contribution in [0.1, 0.15) is 27.0 Å². The van der Waals surface area contributed by atoms with E-state index in [1.807, 2.05) is 31.2 Å². The van der Waals surface area contributed by atoms with Crippen LogP contribution < -0.4 is 4.74 Å². The summed E-state index contributed by atoms with van der Waals surface area (Å²) in [5, 5.41) is 0.184. The Bertz CT molecular complexity index is 1240. The minimum atomic E-state index is -0.546. The minimum absolute atomic E-state index is 0.210. The van der Waals surface area contributed by atoms with Crippen LogP contribution in [-0.2, 0) is 11.3 Å². The van der Waals surface area contributed by atoms with Gasteiger partial charge in [0.2, 0.25) is 0 Å². The van der Waals surface area contributed by atoms with E-state index in [9.17, 15) is 14.4 Å². The topological polar surface area (TPSA) is 63.7 Å². The van der Waals surface area contributed by atoms with Gasteiger partial charge in [-0.2, -0.15) is 0 Å². The van der Waals surface area contributed by atoms with E-state index in [1.54, 1.807) is 54.6 Å². The molecule has 1 aliphatic rings. The number of hydrogen-bond acceptors (Lipinski definition) is 5. The molecule has 2 amide bonds. The van der Waals surface area contributed by atoms with Crippen LogP contribution in [0.2, 0.25) is 5.02 Å². The molecule has 0 bridgehead atoms. The van der Waals surface area contributed by atoms with Crippen molar-refractivity contribution in [2.75, 3.05) is 0 Å². The van der Waals surface area contributed by atoms with Gasteiger partial charge in [-0.1, -0.05) is 54.1 Å². The highest BCUT2D eigenvalue weighted by molar-refractivity contribution is 8.18. The molecule has 32 heavy (non-hydrogen) atoms. The van der Waals surface area contributed by atoms with Crippen molar-refractivity contribution in [2.45, 2.75) is 13.5 Å². The van der Waals surface area contributed by atoms with E-state index in [4.69, 9.17) is 16.3 Å². The predicted molar refractivity (Wildman–Crippen MR) is 126 cm³/mol. The van der Waals surface area contributed by atoms with Gasteiger partial charge in [0, 0.05) is 10.6 Å². The third-order valence-electron chi connectivity index (χ3n) is 4.95. The molecule has 5 nitrogen and oxygen atoms in total. The second-order valence-corrected chi connectivity index (χ2v) is 8.56. The third kappa shape index (κ3) is 4.77. The zero-order chi connectivity index (χ0) is 22.7. The Morgan fingerprint density at radius 1 is 1.00 bits per heavy atom. The first-order valence-electron chi connectivity index (χ1n) is 9.79. The van der Waals surface area contributed by atoms with Crippen LogP contribution in [0.4, 0.5) is 4.79 Å². The summed E-state index contributed by atoms with van der Waals surface area (Å²) in [6.07, 6.45) is 1.58. The molecule has 0 aromatic heterocycles. The Labute approximate surface area is 194 Å². The van der Waals surface area contributed by atoms with Crippen LogP contribution in [-0.4, -0.2) is 22.0 Å². The van der Waals surface area contributed by atoms with Crippen LogP contribution in [0, 0.1) is 6.92 Å². The van der Waals surface area contributed by atoms with Crippen LogP contribution in [0.25, 0.3) is 6.08 Å². The Morgan fingerprint density at radius 3 is 2.44 bits per heavy atom. The molecule has 0 spiro atoms. The molecule has 4 rings (SSSR count). The molecule has 160 valence electrons. The van der Waals surface area contributed by atoms with Gasteiger partial charge in [0.15, 0.2) is 0 Å². The SMILES string of the molecule is Cc1ccccc1CN1C(=O)S/C(=C\c2ccccc2OC(=O)c2ccc(Cl)cc2)C1=O. The van der Waals surface area contributed by atoms with Gasteiger partial charge in [0.1, 0.15) is 5.75 Å². The fourth-order valence-corrected chi connectivity index (χ4v) is 4.13. The van der Waals surface area contributed by atoms with Gasteiger partial charge in [-0.15, -0.1) is 0 Å². The van der Waals surface area contributed by atoms with Gasteiger partial charge in [-0.3, -0.25) is 14.5 Å². The molecule has 1 aliphatic heterocycles. The number of para-hydroxylation sites is 1. The highest BCUT2D eigenvalue weighted by Crippen LogP contribution is 2.35. The summed E-state index contributed by atoms with van der Waals surface area (Å²) < 4.78 is 5.54. The van der Waals surface area contributed by atoms with Gasteiger partial charge in [0.25, 0.3) is 11.1 Å². The number of carbonyl (C=O) groups excluding carboxylic acids is 3. The number of hydrogen-bond donors (Lipinski definition) is 0. The number of carbonyl (C=O) groups is 3. The Hall–Kier alpha value is -3.35. The maximum Gasteiger partial charge on any atom is 0.343 e. The van der Waals surface area contributed by atoms with Gasteiger partial charge in [-0.25, -0.2) is 4.79 Å². The lowest BCUT2D eigenvalue weighted by Gasteiger charge is -2.14. The van der Waals surface area contributed by atoms with E-state index < -0.39 is 5.97 Å². The maximum absolute atomic E-state index is 12.9. The van der Waals surface area contributed by atoms with Crippen molar-refractivity contribution < 1.29 is 19.1 Å². The van der Waals surface area contributed by atoms with Gasteiger partial charge in [0.05, 0.1) is 17.0 Å². The highest BCUT2D eigenvalue weighted by Gasteiger charge is 2.35. The minimum Gasteiger partial charge on any atom is -0.422 e. The van der Waals surface area contributed by atoms with Crippen molar-refractivity contribution >= 4 is 46.6 Å². The zero-order valence-electron chi connectivity index (χ0n) is 17.1. The lowest BCUT2D eigenvalue weighted by Crippen LogP contribution is -2.27. The normalized spacial score (nSPS) is 14.8. The van der Waals surface area contributed by atoms with Gasteiger partial charge in [-0.05, 0) is 66.2 Å². The smallest absolute Gasteiger partial charge is 0.343 e. The lowest BCUT2D eigenvalue weighted by molar-refractivity contribution is -0.123. The van der Waals surface area contributed by atoms with Crippen LogP contribution >= 0.6 is 23.4 Å². The molecule has 0 unspecified atom stereocenters. The Morgan fingerprint density at radius 2 is 1.69 bits per heavy atom. The predicted octanol–water partition coefficient (Wildman–Crippen LogP) is 6.10. The van der Waals surface area contributed by atoms with Crippen molar-refractivity contribution in [3.05, 3.63) is 105 Å². The van der Waals surface area contributed by atoms with E-state index in [2.05, 4.69) is 0 Å². The summed E-state index contributed by atoms with van der Waals surface area (Å²) in [6.45, 7) is 2.15. The molecule has 7 heteroatoms. The molecule has 0 aliphatic carbocycles. The number of ether oxygens (including phenoxy) is 1. The molecule has 3 aromatic rings. The summed E-state index contributed by atoms with van der Waals surface area (Å²) in [5.74, 6) is -0.629. The van der Waals surface area contributed by atoms with E-state index in [1.165, 1.54) is 4.90 Å². The van der Waals surface area contributed by atoms with Crippen LogP contribution in [0.3, 0.4) is 0 Å². The van der Waals surface area contributed by atoms with E-state index in [0.717, 1.165) is 22.9 Å². The van der Waals surface area contributed by atoms with Gasteiger partial charge >= 0.3 is 5.97 Å². The molecule has 1 fully saturated rings. The van der Waals surface area contributed by atoms with E-state index in [-0.39, 0.29) is 28.3 Å². The fourth-order valence-electron chi connectivity index (χ4n) is 3.17. The molecule has 3 aromatic carbocycles. The largest absolute Gasteiger partial charge is 0.422 e. The molecule has 1 heterocycles. The summed E-state index contributed by atoms with van der Waals surface area (Å²) in [7, 11) is 0. The summed E-state index contributed by atoms with van der Waals surface area (Å²) in [4.78, 5) is 39.4. The van der Waals surface area contributed by atoms with Gasteiger partial charge < -0.3 is 4.74 Å². The Kier molecular flexibility index (Phi) is 6.44. The van der Waals surface area contributed by atoms with Crippen molar-refractivity contribution in [2.24, 2.45) is 0 Å². The molecule has 0 atom stereocenters. The average molecular weight is 464 g/mol. The lowest BCUT2D eigenvalue weighted by atomic mass is 10.1. The number of aryl methyl sites for hydroxylation is 1. The molecule has 0 radical (unpaired) electrons. The first-order chi connectivity index (χ1) is 15.4. The molecule has 1 saturated heterocycles. The summed E-state index contributed by atoms with van der Waals surface area (Å²) in [5.41, 5.74) is 2.79. The number of amides is 2. The second kappa shape index (κ2) is 9.42. The Balaban J connectivity index is 1.56. The van der Waals surface area contributed by atoms with E-state index >= 15 is 0 Å². The number of nitrogens with zero attached hydrogens (tertiary/aromatic N) is 1. The van der Waals surface area contributed by atoms with Crippen LogP contribution in [0.5, 0.6) is 5.75 Å². The second-order valence-electron chi connectivity index (χ2n) is 7.13. The standard InChI is InChI=1S/C25H18ClNO4S/c1-16-6-2-3-8-19(16)15-27-23(28)22(32-25(27)30)14-18-7-4-5-9-21(18)31-24(29)17-10-12-20(26)13-11-17/h2-14H,15H2,1H3/b22-14-. The average Bonchev–Trinajstić information content (AvgIpc) is 3.04. The fraction of sp³-hybridized carbons (Fsp3) is 0.0800. The molecular weight excluding hydrogens is 446 g/mol. The van der Waals surface area contributed by atoms with Crippen LogP contribution in [0.15, 0.2) is 77.7 Å². The number of benzene rings is 3. The zero-order valence-corrected chi connectivity index (χ0v) is 18.7. The van der Waals surface area contributed by atoms with Crippen molar-refractivity contribution in [3.63, 3.8) is 0 Å². The summed E-state index contributed by atoms with van der Waals surface area (Å²) in [6, 6.07) is 20.8. The first kappa shape index (κ1) is 21.9. The van der Waals surface area contributed by atoms with Crippen molar-refractivity contribution in [1.82, 2.24) is 4.90 Å². The number of thioether (sulfide) groups is 1. The van der Waals surface area contributed by atoms with Crippen molar-refractivity contribution in [3.8, 4) is 5.75 Å². The first-order valence-corrected chi connectivity index (χ1v) is 11.0. The highest BCUT2D eigenvalue weighted by atomic mass is 35.5. The summed E-state index contributed by atoms with van der Waals surface area (Å²) >= 11 is 6.74. The molecule has 0 N–H and O–H groups in total. The number of imide groups is 1. The number of rotatable bonds is 5.